The second-order valence-electron chi connectivity index (χ2n) is 5.66. The van der Waals surface area contributed by atoms with E-state index in [0.29, 0.717) is 11.3 Å². The van der Waals surface area contributed by atoms with Crippen LogP contribution in [0.2, 0.25) is 5.02 Å². The summed E-state index contributed by atoms with van der Waals surface area (Å²) in [6.45, 7) is 7.46. The molecule has 0 heterocycles. The molecule has 1 aromatic rings. The summed E-state index contributed by atoms with van der Waals surface area (Å²) in [5.41, 5.74) is 6.05. The summed E-state index contributed by atoms with van der Waals surface area (Å²) in [6, 6.07) is 4.13. The van der Waals surface area contributed by atoms with Crippen LogP contribution in [0.3, 0.4) is 0 Å². The number of nitrogens with two attached hydrogens (primary N) is 1. The van der Waals surface area contributed by atoms with Gasteiger partial charge in [0.2, 0.25) is 5.91 Å². The molecular formula is C15H23Cl2N3O2. The third-order valence-corrected chi connectivity index (χ3v) is 3.54. The lowest BCUT2D eigenvalue weighted by Gasteiger charge is -2.24. The van der Waals surface area contributed by atoms with E-state index in [1.807, 2.05) is 20.8 Å². The fraction of sp³-hybridized carbons (Fsp3) is 0.467. The Labute approximate surface area is 142 Å². The molecule has 0 spiro atoms. The highest BCUT2D eigenvalue weighted by Gasteiger charge is 2.20. The number of rotatable bonds is 5. The van der Waals surface area contributed by atoms with Crippen molar-refractivity contribution in [3.63, 3.8) is 0 Å². The van der Waals surface area contributed by atoms with Crippen LogP contribution in [0.25, 0.3) is 0 Å². The zero-order chi connectivity index (χ0) is 16.2. The summed E-state index contributed by atoms with van der Waals surface area (Å²) < 4.78 is 0. The van der Waals surface area contributed by atoms with Gasteiger partial charge in [0.05, 0.1) is 16.6 Å². The minimum atomic E-state index is -0.614. The lowest BCUT2D eigenvalue weighted by molar-refractivity contribution is -0.117. The lowest BCUT2D eigenvalue weighted by atomic mass is 10.0. The van der Waals surface area contributed by atoms with E-state index < -0.39 is 6.04 Å². The van der Waals surface area contributed by atoms with Crippen LogP contribution in [0, 0.1) is 0 Å². The molecule has 4 N–H and O–H groups in total. The minimum Gasteiger partial charge on any atom is -0.347 e. The maximum atomic E-state index is 12.2. The predicted molar refractivity (Wildman–Crippen MR) is 92.8 cm³/mol. The Morgan fingerprint density at radius 1 is 1.36 bits per heavy atom. The average molecular weight is 348 g/mol. The molecule has 0 bridgehead atoms. The van der Waals surface area contributed by atoms with Crippen molar-refractivity contribution in [3.05, 3.63) is 28.8 Å². The standard InChI is InChI=1S/C15H22ClN3O2.ClH/c1-5-15(3,4)19-14(21)11-7-6-10(8-12(11)16)18-13(20)9(2)17;/h6-9H,5,17H2,1-4H3,(H,18,20)(H,19,21);1H/t9-;/m0./s1. The summed E-state index contributed by atoms with van der Waals surface area (Å²) in [4.78, 5) is 23.7. The first-order valence-electron chi connectivity index (χ1n) is 6.85. The normalized spacial score (nSPS) is 12.1. The molecule has 0 radical (unpaired) electrons. The molecule has 1 rings (SSSR count). The van der Waals surface area contributed by atoms with Crippen molar-refractivity contribution >= 4 is 41.5 Å². The fourth-order valence-electron chi connectivity index (χ4n) is 1.50. The summed E-state index contributed by atoms with van der Waals surface area (Å²) in [5, 5.41) is 5.82. The van der Waals surface area contributed by atoms with E-state index in [2.05, 4.69) is 10.6 Å². The lowest BCUT2D eigenvalue weighted by Crippen LogP contribution is -2.42. The van der Waals surface area contributed by atoms with E-state index >= 15 is 0 Å². The maximum Gasteiger partial charge on any atom is 0.253 e. The van der Waals surface area contributed by atoms with E-state index in [9.17, 15) is 9.59 Å². The van der Waals surface area contributed by atoms with E-state index in [0.717, 1.165) is 6.42 Å². The van der Waals surface area contributed by atoms with E-state index in [1.165, 1.54) is 6.07 Å². The number of nitrogens with one attached hydrogen (secondary N) is 2. The van der Waals surface area contributed by atoms with Crippen LogP contribution in [-0.4, -0.2) is 23.4 Å². The van der Waals surface area contributed by atoms with Gasteiger partial charge in [-0.2, -0.15) is 0 Å². The largest absolute Gasteiger partial charge is 0.347 e. The predicted octanol–water partition coefficient (Wildman–Crippen LogP) is 2.97. The van der Waals surface area contributed by atoms with E-state index in [4.69, 9.17) is 17.3 Å². The highest BCUT2D eigenvalue weighted by molar-refractivity contribution is 6.34. The monoisotopic (exact) mass is 347 g/mol. The van der Waals surface area contributed by atoms with Gasteiger partial charge in [-0.15, -0.1) is 12.4 Å². The average Bonchev–Trinajstić information content (AvgIpc) is 2.37. The van der Waals surface area contributed by atoms with Crippen molar-refractivity contribution in [2.45, 2.75) is 45.7 Å². The number of carbonyl (C=O) groups excluding carboxylic acids is 2. The van der Waals surface area contributed by atoms with Gasteiger partial charge in [-0.1, -0.05) is 18.5 Å². The summed E-state index contributed by atoms with van der Waals surface area (Å²) in [7, 11) is 0. The molecule has 0 aliphatic rings. The highest BCUT2D eigenvalue weighted by Crippen LogP contribution is 2.22. The zero-order valence-corrected chi connectivity index (χ0v) is 14.8. The molecule has 2 amide bonds. The van der Waals surface area contributed by atoms with Gasteiger partial charge in [0.25, 0.3) is 5.91 Å². The van der Waals surface area contributed by atoms with Gasteiger partial charge in [-0.3, -0.25) is 9.59 Å². The molecule has 22 heavy (non-hydrogen) atoms. The molecule has 7 heteroatoms. The quantitative estimate of drug-likeness (QED) is 0.765. The number of anilines is 1. The smallest absolute Gasteiger partial charge is 0.253 e. The van der Waals surface area contributed by atoms with E-state index in [-0.39, 0.29) is 34.8 Å². The molecule has 0 saturated carbocycles. The van der Waals surface area contributed by atoms with Gasteiger partial charge < -0.3 is 16.4 Å². The van der Waals surface area contributed by atoms with Crippen LogP contribution in [-0.2, 0) is 4.79 Å². The maximum absolute atomic E-state index is 12.2. The second-order valence-corrected chi connectivity index (χ2v) is 6.07. The van der Waals surface area contributed by atoms with Crippen molar-refractivity contribution in [2.24, 2.45) is 5.73 Å². The molecule has 0 aliphatic carbocycles. The SMILES string of the molecule is CCC(C)(C)NC(=O)c1ccc(NC(=O)[C@H](C)N)cc1Cl.Cl. The molecule has 1 atom stereocenters. The third kappa shape index (κ3) is 5.83. The van der Waals surface area contributed by atoms with Crippen LogP contribution >= 0.6 is 24.0 Å². The van der Waals surface area contributed by atoms with Crippen molar-refractivity contribution < 1.29 is 9.59 Å². The van der Waals surface area contributed by atoms with Gasteiger partial charge in [0.15, 0.2) is 0 Å². The third-order valence-electron chi connectivity index (χ3n) is 3.23. The van der Waals surface area contributed by atoms with Crippen LogP contribution in [0.4, 0.5) is 5.69 Å². The van der Waals surface area contributed by atoms with Crippen molar-refractivity contribution in [3.8, 4) is 0 Å². The number of hydrogen-bond donors (Lipinski definition) is 3. The van der Waals surface area contributed by atoms with Gasteiger partial charge in [0.1, 0.15) is 0 Å². The first-order chi connectivity index (χ1) is 9.66. The topological polar surface area (TPSA) is 84.2 Å². The van der Waals surface area contributed by atoms with Crippen LogP contribution < -0.4 is 16.4 Å². The molecule has 0 fully saturated rings. The van der Waals surface area contributed by atoms with Gasteiger partial charge in [0, 0.05) is 11.2 Å². The van der Waals surface area contributed by atoms with E-state index in [1.54, 1.807) is 19.1 Å². The number of amides is 2. The molecule has 0 unspecified atom stereocenters. The minimum absolute atomic E-state index is 0. The Bertz CT molecular complexity index is 546. The van der Waals surface area contributed by atoms with Crippen molar-refractivity contribution in [1.82, 2.24) is 5.32 Å². The second kappa shape index (κ2) is 8.36. The number of hydrogen-bond acceptors (Lipinski definition) is 3. The molecule has 5 nitrogen and oxygen atoms in total. The zero-order valence-electron chi connectivity index (χ0n) is 13.2. The molecule has 0 aromatic heterocycles. The first kappa shape index (κ1) is 20.7. The molecule has 0 saturated heterocycles. The fourth-order valence-corrected chi connectivity index (χ4v) is 1.76. The Morgan fingerprint density at radius 2 is 1.95 bits per heavy atom. The first-order valence-corrected chi connectivity index (χ1v) is 7.22. The Kier molecular flexibility index (Phi) is 7.87. The summed E-state index contributed by atoms with van der Waals surface area (Å²) in [6.07, 6.45) is 0.804. The Balaban J connectivity index is 0.00000441. The van der Waals surface area contributed by atoms with Crippen molar-refractivity contribution in [2.75, 3.05) is 5.32 Å². The van der Waals surface area contributed by atoms with Crippen LogP contribution in [0.5, 0.6) is 0 Å². The van der Waals surface area contributed by atoms with Crippen molar-refractivity contribution in [1.29, 1.82) is 0 Å². The Morgan fingerprint density at radius 3 is 2.41 bits per heavy atom. The van der Waals surface area contributed by atoms with Gasteiger partial charge in [-0.05, 0) is 45.4 Å². The highest BCUT2D eigenvalue weighted by atomic mass is 35.5. The molecule has 124 valence electrons. The Hall–Kier alpha value is -1.30. The van der Waals surface area contributed by atoms with Gasteiger partial charge >= 0.3 is 0 Å². The molecule has 1 aromatic carbocycles. The van der Waals surface area contributed by atoms with Crippen LogP contribution in [0.15, 0.2) is 18.2 Å². The molecule has 0 aliphatic heterocycles. The summed E-state index contributed by atoms with van der Waals surface area (Å²) >= 11 is 6.12. The molecular weight excluding hydrogens is 325 g/mol. The van der Waals surface area contributed by atoms with Crippen LogP contribution in [0.1, 0.15) is 44.5 Å². The summed E-state index contributed by atoms with van der Waals surface area (Å²) in [5.74, 6) is -0.549. The number of halogens is 2. The van der Waals surface area contributed by atoms with Gasteiger partial charge in [-0.25, -0.2) is 0 Å². The number of carbonyl (C=O) groups is 2. The number of benzene rings is 1.